The van der Waals surface area contributed by atoms with Gasteiger partial charge in [0.1, 0.15) is 5.75 Å². The molecule has 0 bridgehead atoms. The number of hydrogen-bond donors (Lipinski definition) is 0. The summed E-state index contributed by atoms with van der Waals surface area (Å²) < 4.78 is 5.93. The van der Waals surface area contributed by atoms with Gasteiger partial charge in [0.2, 0.25) is 0 Å². The molecule has 19 heavy (non-hydrogen) atoms. The normalized spacial score (nSPS) is 11.8. The fourth-order valence-corrected chi connectivity index (χ4v) is 2.39. The number of ether oxygens (including phenoxy) is 1. The van der Waals surface area contributed by atoms with Crippen LogP contribution in [0.15, 0.2) is 36.4 Å². The molecule has 102 valence electrons. The van der Waals surface area contributed by atoms with E-state index in [2.05, 4.69) is 64.1 Å². The molecule has 0 aromatic heterocycles. The predicted octanol–water partition coefficient (Wildman–Crippen LogP) is 5.32. The summed E-state index contributed by atoms with van der Waals surface area (Å²) >= 11 is 0. The minimum Gasteiger partial charge on any atom is -0.493 e. The maximum atomic E-state index is 5.93. The van der Waals surface area contributed by atoms with Crippen LogP contribution in [0.2, 0.25) is 0 Å². The molecule has 0 radical (unpaired) electrons. The molecule has 0 unspecified atom stereocenters. The molecule has 2 rings (SSSR count). The lowest BCUT2D eigenvalue weighted by Gasteiger charge is -2.22. The summed E-state index contributed by atoms with van der Waals surface area (Å²) in [5, 5.41) is 2.54. The first-order valence-corrected chi connectivity index (χ1v) is 7.19. The number of hydrogen-bond acceptors (Lipinski definition) is 1. The van der Waals surface area contributed by atoms with Crippen LogP contribution in [0.1, 0.15) is 46.1 Å². The van der Waals surface area contributed by atoms with Gasteiger partial charge in [-0.2, -0.15) is 0 Å². The van der Waals surface area contributed by atoms with E-state index in [-0.39, 0.29) is 5.41 Å². The average Bonchev–Trinajstić information content (AvgIpc) is 2.37. The Labute approximate surface area is 116 Å². The van der Waals surface area contributed by atoms with Gasteiger partial charge >= 0.3 is 0 Å². The van der Waals surface area contributed by atoms with Gasteiger partial charge in [0.25, 0.3) is 0 Å². The molecule has 2 aromatic carbocycles. The van der Waals surface area contributed by atoms with Crippen LogP contribution >= 0.6 is 0 Å². The van der Waals surface area contributed by atoms with Crippen molar-refractivity contribution in [1.82, 2.24) is 0 Å². The number of benzene rings is 2. The molecule has 0 N–H and O–H groups in total. The highest BCUT2D eigenvalue weighted by molar-refractivity contribution is 5.91. The summed E-state index contributed by atoms with van der Waals surface area (Å²) in [5.74, 6) is 1.01. The number of rotatable bonds is 4. The molecule has 0 spiro atoms. The van der Waals surface area contributed by atoms with Crippen molar-refractivity contribution in [2.24, 2.45) is 0 Å². The first kappa shape index (κ1) is 13.9. The van der Waals surface area contributed by atoms with Crippen LogP contribution in [0.3, 0.4) is 0 Å². The Bertz CT molecular complexity index is 549. The van der Waals surface area contributed by atoms with Gasteiger partial charge in [-0.1, -0.05) is 64.4 Å². The van der Waals surface area contributed by atoms with E-state index in [1.165, 1.54) is 16.3 Å². The van der Waals surface area contributed by atoms with Crippen LogP contribution in [-0.4, -0.2) is 6.61 Å². The van der Waals surface area contributed by atoms with Crippen LogP contribution in [0.5, 0.6) is 5.75 Å². The lowest BCUT2D eigenvalue weighted by molar-refractivity contribution is 0.313. The second kappa shape index (κ2) is 5.64. The zero-order valence-corrected chi connectivity index (χ0v) is 12.5. The monoisotopic (exact) mass is 256 g/mol. The Morgan fingerprint density at radius 2 is 1.63 bits per heavy atom. The first-order chi connectivity index (χ1) is 9.04. The van der Waals surface area contributed by atoms with E-state index in [0.717, 1.165) is 25.2 Å². The molecule has 1 heteroatoms. The highest BCUT2D eigenvalue weighted by Crippen LogP contribution is 2.34. The molecule has 1 nitrogen and oxygen atoms in total. The van der Waals surface area contributed by atoms with Crippen molar-refractivity contribution >= 4 is 10.8 Å². The Kier molecular flexibility index (Phi) is 4.14. The van der Waals surface area contributed by atoms with E-state index in [1.54, 1.807) is 0 Å². The number of unbranched alkanes of at least 4 members (excludes halogenated alkanes) is 1. The summed E-state index contributed by atoms with van der Waals surface area (Å²) in [6.45, 7) is 9.75. The summed E-state index contributed by atoms with van der Waals surface area (Å²) in [4.78, 5) is 0. The second-order valence-electron chi connectivity index (χ2n) is 6.11. The van der Waals surface area contributed by atoms with Crippen molar-refractivity contribution in [1.29, 1.82) is 0 Å². The van der Waals surface area contributed by atoms with E-state index in [9.17, 15) is 0 Å². The van der Waals surface area contributed by atoms with Crippen LogP contribution in [-0.2, 0) is 5.41 Å². The molecule has 2 aromatic rings. The van der Waals surface area contributed by atoms with Gasteiger partial charge in [-0.25, -0.2) is 0 Å². The van der Waals surface area contributed by atoms with Gasteiger partial charge in [0.15, 0.2) is 0 Å². The zero-order chi connectivity index (χ0) is 13.9. The predicted molar refractivity (Wildman–Crippen MR) is 83.1 cm³/mol. The van der Waals surface area contributed by atoms with Crippen LogP contribution in [0.4, 0.5) is 0 Å². The summed E-state index contributed by atoms with van der Waals surface area (Å²) in [6, 6.07) is 12.9. The largest absolute Gasteiger partial charge is 0.493 e. The van der Waals surface area contributed by atoms with Gasteiger partial charge in [-0.15, -0.1) is 0 Å². The molecule has 0 aliphatic rings. The zero-order valence-electron chi connectivity index (χ0n) is 12.5. The van der Waals surface area contributed by atoms with Gasteiger partial charge < -0.3 is 4.74 Å². The average molecular weight is 256 g/mol. The Balaban J connectivity index is 2.46. The van der Waals surface area contributed by atoms with Gasteiger partial charge in [-0.05, 0) is 28.9 Å². The topological polar surface area (TPSA) is 9.23 Å². The molecule has 0 atom stereocenters. The summed E-state index contributed by atoms with van der Waals surface area (Å²) in [7, 11) is 0. The Hall–Kier alpha value is -1.50. The lowest BCUT2D eigenvalue weighted by atomic mass is 9.83. The van der Waals surface area contributed by atoms with Gasteiger partial charge in [0, 0.05) is 5.39 Å². The van der Waals surface area contributed by atoms with Crippen LogP contribution in [0.25, 0.3) is 10.8 Å². The smallest absolute Gasteiger partial charge is 0.127 e. The highest BCUT2D eigenvalue weighted by atomic mass is 16.5. The molecule has 0 saturated heterocycles. The van der Waals surface area contributed by atoms with E-state index in [1.807, 2.05) is 0 Å². The van der Waals surface area contributed by atoms with E-state index < -0.39 is 0 Å². The fourth-order valence-electron chi connectivity index (χ4n) is 2.39. The minimum atomic E-state index is 0.154. The van der Waals surface area contributed by atoms with Crippen molar-refractivity contribution in [3.8, 4) is 5.75 Å². The van der Waals surface area contributed by atoms with Gasteiger partial charge in [0.05, 0.1) is 6.61 Å². The first-order valence-electron chi connectivity index (χ1n) is 7.19. The molecule has 0 amide bonds. The standard InChI is InChI=1S/C18H24O/c1-5-6-13-19-17-12-8-9-14-15(17)10-7-11-16(14)18(2,3)4/h7-12H,5-6,13H2,1-4H3. The van der Waals surface area contributed by atoms with Gasteiger partial charge in [-0.3, -0.25) is 0 Å². The molecule has 0 heterocycles. The highest BCUT2D eigenvalue weighted by Gasteiger charge is 2.17. The molecule has 0 saturated carbocycles. The van der Waals surface area contributed by atoms with Crippen molar-refractivity contribution in [2.45, 2.75) is 46.0 Å². The Morgan fingerprint density at radius 3 is 2.32 bits per heavy atom. The molecule has 0 fully saturated rings. The van der Waals surface area contributed by atoms with Crippen LogP contribution in [0, 0.1) is 0 Å². The Morgan fingerprint density at radius 1 is 0.947 bits per heavy atom. The molecular weight excluding hydrogens is 232 g/mol. The summed E-state index contributed by atoms with van der Waals surface area (Å²) in [6.07, 6.45) is 2.27. The third-order valence-corrected chi connectivity index (χ3v) is 3.45. The van der Waals surface area contributed by atoms with Crippen LogP contribution < -0.4 is 4.74 Å². The summed E-state index contributed by atoms with van der Waals surface area (Å²) in [5.41, 5.74) is 1.53. The lowest BCUT2D eigenvalue weighted by Crippen LogP contribution is -2.11. The van der Waals surface area contributed by atoms with E-state index in [0.29, 0.717) is 0 Å². The van der Waals surface area contributed by atoms with Crippen molar-refractivity contribution in [2.75, 3.05) is 6.61 Å². The third-order valence-electron chi connectivity index (χ3n) is 3.45. The number of fused-ring (bicyclic) bond motifs is 1. The quantitative estimate of drug-likeness (QED) is 0.673. The third kappa shape index (κ3) is 3.09. The maximum Gasteiger partial charge on any atom is 0.127 e. The molecule has 0 aliphatic heterocycles. The molecular formula is C18H24O. The second-order valence-corrected chi connectivity index (χ2v) is 6.11. The van der Waals surface area contributed by atoms with Crippen molar-refractivity contribution in [3.63, 3.8) is 0 Å². The minimum absolute atomic E-state index is 0.154. The molecule has 0 aliphatic carbocycles. The SMILES string of the molecule is CCCCOc1cccc2c(C(C)(C)C)cccc12. The van der Waals surface area contributed by atoms with E-state index >= 15 is 0 Å². The van der Waals surface area contributed by atoms with Crippen molar-refractivity contribution < 1.29 is 4.74 Å². The fraction of sp³-hybridized carbons (Fsp3) is 0.444. The van der Waals surface area contributed by atoms with E-state index in [4.69, 9.17) is 4.74 Å². The maximum absolute atomic E-state index is 5.93. The van der Waals surface area contributed by atoms with Crippen molar-refractivity contribution in [3.05, 3.63) is 42.0 Å².